The van der Waals surface area contributed by atoms with E-state index in [0.717, 1.165) is 60.9 Å². The summed E-state index contributed by atoms with van der Waals surface area (Å²) < 4.78 is 2.86. The van der Waals surface area contributed by atoms with Crippen LogP contribution in [0, 0.1) is 0 Å². The second-order valence-electron chi connectivity index (χ2n) is 10.5. The molecule has 1 unspecified atom stereocenters. The van der Waals surface area contributed by atoms with Crippen LogP contribution in [0.2, 0.25) is 5.02 Å². The van der Waals surface area contributed by atoms with Crippen molar-refractivity contribution in [2.75, 3.05) is 44.2 Å². The normalized spacial score (nSPS) is 17.9. The zero-order chi connectivity index (χ0) is 27.2. The number of thiazole rings is 1. The summed E-state index contributed by atoms with van der Waals surface area (Å²) in [4.78, 5) is 46.2. The third-order valence-corrected chi connectivity index (χ3v) is 9.36. The number of halogens is 1. The smallest absolute Gasteiger partial charge is 0.258 e. The van der Waals surface area contributed by atoms with Crippen molar-refractivity contribution in [2.45, 2.75) is 25.2 Å². The Balaban J connectivity index is 1.30. The van der Waals surface area contributed by atoms with E-state index >= 15 is 0 Å². The quantitative estimate of drug-likeness (QED) is 0.323. The lowest BCUT2D eigenvalue weighted by Crippen LogP contribution is -2.35. The summed E-state index contributed by atoms with van der Waals surface area (Å²) in [6.07, 6.45) is 8.56. The molecule has 2 aliphatic heterocycles. The summed E-state index contributed by atoms with van der Waals surface area (Å²) in [7, 11) is 0. The Hall–Kier alpha value is -3.60. The molecule has 0 bridgehead atoms. The molecule has 1 amide bonds. The van der Waals surface area contributed by atoms with Crippen molar-refractivity contribution < 1.29 is 4.79 Å². The van der Waals surface area contributed by atoms with E-state index in [0.29, 0.717) is 27.4 Å². The number of carbonyl (C=O) groups excluding carboxylic acids is 1. The Morgan fingerprint density at radius 3 is 2.83 bits per heavy atom. The maximum absolute atomic E-state index is 13.8. The first kappa shape index (κ1) is 25.4. The molecule has 11 heteroatoms. The third kappa shape index (κ3) is 4.49. The highest BCUT2D eigenvalue weighted by Crippen LogP contribution is 2.34. The number of hydrogen-bond donors (Lipinski definition) is 1. The largest absolute Gasteiger partial charge is 0.356 e. The van der Waals surface area contributed by atoms with E-state index in [-0.39, 0.29) is 22.8 Å². The first-order valence-corrected chi connectivity index (χ1v) is 14.9. The van der Waals surface area contributed by atoms with Crippen LogP contribution in [-0.2, 0) is 0 Å². The van der Waals surface area contributed by atoms with Crippen LogP contribution < -0.4 is 15.6 Å². The van der Waals surface area contributed by atoms with Crippen molar-refractivity contribution in [3.05, 3.63) is 75.4 Å². The van der Waals surface area contributed by atoms with Gasteiger partial charge in [-0.2, -0.15) is 0 Å². The molecule has 2 fully saturated rings. The molecule has 1 N–H and O–H groups in total. The molecule has 2 aliphatic rings. The number of amides is 1. The van der Waals surface area contributed by atoms with Crippen molar-refractivity contribution in [1.82, 2.24) is 29.6 Å². The van der Waals surface area contributed by atoms with Gasteiger partial charge in [-0.3, -0.25) is 24.0 Å². The first-order chi connectivity index (χ1) is 19.6. The molecule has 7 rings (SSSR count). The lowest BCUT2D eigenvalue weighted by atomic mass is 10.1. The molecule has 9 nitrogen and oxygen atoms in total. The second-order valence-corrected chi connectivity index (χ2v) is 11.9. The van der Waals surface area contributed by atoms with Gasteiger partial charge in [0, 0.05) is 55.7 Å². The molecule has 0 saturated carbocycles. The number of benzene rings is 1. The van der Waals surface area contributed by atoms with E-state index in [1.807, 2.05) is 34.9 Å². The van der Waals surface area contributed by atoms with E-state index in [1.165, 1.54) is 24.2 Å². The highest BCUT2D eigenvalue weighted by Gasteiger charge is 2.28. The molecule has 204 valence electrons. The highest BCUT2D eigenvalue weighted by molar-refractivity contribution is 7.24. The van der Waals surface area contributed by atoms with Crippen molar-refractivity contribution in [3.8, 4) is 0 Å². The predicted octanol–water partition coefficient (Wildman–Crippen LogP) is 4.33. The number of nitrogens with one attached hydrogen (secondary N) is 1. The number of aromatic nitrogens is 4. The standard InChI is InChI=1S/C29H28ClN7O2S/c30-19-3-5-23-22(15-19)37-27-20(4-6-24(34-27)36-13-7-18(17-36)21-16-31-8-9-32-21)26(38)25(29(37)40-23)28(39)33-10-14-35-11-1-2-12-35/h3-6,8-9,15-16,18H,1-2,7,10-14,17H2,(H,33,39). The molecular weight excluding hydrogens is 546 g/mol. The fourth-order valence-corrected chi connectivity index (χ4v) is 7.26. The zero-order valence-corrected chi connectivity index (χ0v) is 23.4. The fourth-order valence-electron chi connectivity index (χ4n) is 5.93. The topological polar surface area (TPSA) is 95.7 Å². The van der Waals surface area contributed by atoms with Crippen LogP contribution in [0.4, 0.5) is 5.82 Å². The second kappa shape index (κ2) is 10.4. The molecule has 6 heterocycles. The van der Waals surface area contributed by atoms with Crippen molar-refractivity contribution in [3.63, 3.8) is 0 Å². The molecule has 5 aromatic rings. The molecule has 1 atom stereocenters. The van der Waals surface area contributed by atoms with Crippen LogP contribution in [0.3, 0.4) is 0 Å². The Bertz CT molecular complexity index is 1800. The van der Waals surface area contributed by atoms with E-state index in [4.69, 9.17) is 16.6 Å². The SMILES string of the molecule is O=C(NCCN1CCCC1)c1c(=O)c2ccc(N3CCC(c4cnccn4)C3)nc2n2c1sc1ccc(Cl)cc12. The van der Waals surface area contributed by atoms with E-state index in [1.54, 1.807) is 18.5 Å². The van der Waals surface area contributed by atoms with Gasteiger partial charge in [0.2, 0.25) is 5.43 Å². The van der Waals surface area contributed by atoms with Gasteiger partial charge in [-0.25, -0.2) is 4.98 Å². The van der Waals surface area contributed by atoms with Crippen LogP contribution in [0.1, 0.15) is 41.2 Å². The fraction of sp³-hybridized carbons (Fsp3) is 0.345. The van der Waals surface area contributed by atoms with Crippen LogP contribution in [0.15, 0.2) is 53.7 Å². The van der Waals surface area contributed by atoms with Gasteiger partial charge in [-0.05, 0) is 62.7 Å². The Kier molecular flexibility index (Phi) is 6.61. The summed E-state index contributed by atoms with van der Waals surface area (Å²) in [6.45, 7) is 4.98. The highest BCUT2D eigenvalue weighted by atomic mass is 35.5. The number of anilines is 1. The van der Waals surface area contributed by atoms with Gasteiger partial charge in [0.25, 0.3) is 5.91 Å². The van der Waals surface area contributed by atoms with Crippen LogP contribution >= 0.6 is 22.9 Å². The minimum absolute atomic E-state index is 0.157. The van der Waals surface area contributed by atoms with Gasteiger partial charge in [0.05, 0.1) is 21.3 Å². The van der Waals surface area contributed by atoms with Crippen LogP contribution in [-0.4, -0.2) is 69.4 Å². The minimum Gasteiger partial charge on any atom is -0.356 e. The molecule has 0 radical (unpaired) electrons. The monoisotopic (exact) mass is 573 g/mol. The molecule has 2 saturated heterocycles. The number of hydrogen-bond acceptors (Lipinski definition) is 8. The van der Waals surface area contributed by atoms with Gasteiger partial charge in [0.1, 0.15) is 16.2 Å². The molecule has 1 aromatic carbocycles. The number of rotatable bonds is 6. The van der Waals surface area contributed by atoms with E-state index in [9.17, 15) is 9.59 Å². The summed E-state index contributed by atoms with van der Waals surface area (Å²) in [5.74, 6) is 0.703. The number of pyridine rings is 2. The number of nitrogens with zero attached hydrogens (tertiary/aromatic N) is 6. The van der Waals surface area contributed by atoms with Crippen LogP contribution in [0.5, 0.6) is 0 Å². The lowest BCUT2D eigenvalue weighted by molar-refractivity contribution is 0.0950. The van der Waals surface area contributed by atoms with Crippen LogP contribution in [0.25, 0.3) is 26.1 Å². The maximum atomic E-state index is 13.8. The van der Waals surface area contributed by atoms with Gasteiger partial charge in [-0.1, -0.05) is 11.6 Å². The molecular formula is C29H28ClN7O2S. The van der Waals surface area contributed by atoms with E-state index in [2.05, 4.69) is 25.1 Å². The van der Waals surface area contributed by atoms with Crippen molar-refractivity contribution in [1.29, 1.82) is 0 Å². The number of likely N-dealkylation sites (tertiary alicyclic amines) is 1. The lowest BCUT2D eigenvalue weighted by Gasteiger charge is -2.18. The van der Waals surface area contributed by atoms with Gasteiger partial charge in [-0.15, -0.1) is 11.3 Å². The summed E-state index contributed by atoms with van der Waals surface area (Å²) in [6, 6.07) is 9.30. The average Bonchev–Trinajstić information content (AvgIpc) is 3.74. The Morgan fingerprint density at radius 2 is 2.00 bits per heavy atom. The Morgan fingerprint density at radius 1 is 1.12 bits per heavy atom. The van der Waals surface area contributed by atoms with E-state index < -0.39 is 0 Å². The predicted molar refractivity (Wildman–Crippen MR) is 159 cm³/mol. The first-order valence-electron chi connectivity index (χ1n) is 13.7. The molecule has 40 heavy (non-hydrogen) atoms. The Labute approximate surface area is 239 Å². The molecule has 0 aliphatic carbocycles. The van der Waals surface area contributed by atoms with Gasteiger partial charge >= 0.3 is 0 Å². The summed E-state index contributed by atoms with van der Waals surface area (Å²) in [5.41, 5.74) is 2.19. The van der Waals surface area contributed by atoms with Gasteiger partial charge < -0.3 is 15.1 Å². The average molecular weight is 574 g/mol. The number of fused-ring (bicyclic) bond motifs is 5. The maximum Gasteiger partial charge on any atom is 0.258 e. The zero-order valence-electron chi connectivity index (χ0n) is 21.8. The third-order valence-electron chi connectivity index (χ3n) is 7.98. The summed E-state index contributed by atoms with van der Waals surface area (Å²) >= 11 is 7.82. The molecule has 0 spiro atoms. The minimum atomic E-state index is -0.350. The van der Waals surface area contributed by atoms with Crippen molar-refractivity contribution in [2.24, 2.45) is 0 Å². The number of carbonyl (C=O) groups is 1. The summed E-state index contributed by atoms with van der Waals surface area (Å²) in [5, 5.41) is 4.00. The molecule has 4 aromatic heterocycles. The van der Waals surface area contributed by atoms with Gasteiger partial charge in [0.15, 0.2) is 5.65 Å². The van der Waals surface area contributed by atoms with Crippen molar-refractivity contribution >= 4 is 60.7 Å².